The third kappa shape index (κ3) is 10.7. The molecule has 1 aromatic rings. The van der Waals surface area contributed by atoms with Crippen LogP contribution in [0.2, 0.25) is 0 Å². The van der Waals surface area contributed by atoms with Gasteiger partial charge in [0.15, 0.2) is 17.2 Å². The number of Topliss-reactive ketones (excluding diaryl/α,β-unsaturated/α-hetero) is 1. The molecule has 4 aliphatic rings. The Labute approximate surface area is 345 Å². The number of alkyl halides is 2. The maximum Gasteiger partial charge on any atom is 0.306 e. The van der Waals surface area contributed by atoms with Crippen LogP contribution in [0, 0.1) is 34.5 Å². The molecule has 0 aliphatic heterocycles. The fraction of sp³-hybridized carbons (Fsp3) is 0.723. The summed E-state index contributed by atoms with van der Waals surface area (Å²) in [5.74, 6) is -2.75. The SMILES string of the molecule is CCCCC(=O)OCC(=O)[C@H]1[C@H](C)C[C@H]2[C@@H]3C[C@H](F)C4=CC(=O)C=C[C@]4(C)[C@@]3(F)[C@@H](O)C[C@@]21C.CCCCCCCCNC(C)C(O)c1ccc(SC(C)C)cc1. The zero-order valence-electron chi connectivity index (χ0n) is 35.8. The first-order chi connectivity index (χ1) is 26.9. The van der Waals surface area contributed by atoms with Crippen LogP contribution in [0.15, 0.2) is 53.0 Å². The van der Waals surface area contributed by atoms with Crippen LogP contribution in [0.4, 0.5) is 8.78 Å². The van der Waals surface area contributed by atoms with E-state index < -0.39 is 52.7 Å². The Morgan fingerprint density at radius 1 is 0.982 bits per heavy atom. The number of ether oxygens (including phenoxy) is 1. The molecule has 4 aliphatic carbocycles. The first-order valence-corrected chi connectivity index (χ1v) is 22.6. The molecule has 0 heterocycles. The minimum atomic E-state index is -2.15. The Bertz CT molecular complexity index is 1570. The van der Waals surface area contributed by atoms with Crippen LogP contribution in [0.25, 0.3) is 0 Å². The number of nitrogens with one attached hydrogen (secondary N) is 1. The third-order valence-electron chi connectivity index (χ3n) is 13.5. The molecule has 10 heteroatoms. The molecule has 3 saturated carbocycles. The molecule has 3 fully saturated rings. The zero-order chi connectivity index (χ0) is 42.1. The Balaban J connectivity index is 0.000000274. The summed E-state index contributed by atoms with van der Waals surface area (Å²) in [6, 6.07) is 8.43. The number of unbranched alkanes of at least 4 members (excludes halogenated alkanes) is 6. The van der Waals surface area contributed by atoms with Gasteiger partial charge in [-0.05, 0) is 105 Å². The molecule has 3 N–H and O–H groups in total. The number of allylic oxidation sites excluding steroid dienone is 4. The van der Waals surface area contributed by atoms with Gasteiger partial charge in [0.25, 0.3) is 0 Å². The quantitative estimate of drug-likeness (QED) is 0.0763. The summed E-state index contributed by atoms with van der Waals surface area (Å²) in [5, 5.41) is 25.8. The van der Waals surface area contributed by atoms with Crippen molar-refractivity contribution >= 4 is 29.3 Å². The van der Waals surface area contributed by atoms with E-state index >= 15 is 8.78 Å². The van der Waals surface area contributed by atoms with Gasteiger partial charge in [-0.15, -0.1) is 11.8 Å². The van der Waals surface area contributed by atoms with Gasteiger partial charge in [-0.3, -0.25) is 14.4 Å². The van der Waals surface area contributed by atoms with E-state index in [1.165, 1.54) is 61.6 Å². The van der Waals surface area contributed by atoms with Crippen molar-refractivity contribution in [1.29, 1.82) is 0 Å². The Morgan fingerprint density at radius 2 is 1.63 bits per heavy atom. The zero-order valence-corrected chi connectivity index (χ0v) is 36.6. The monoisotopic (exact) mass is 815 g/mol. The minimum absolute atomic E-state index is 0.0524. The molecule has 0 radical (unpaired) electrons. The molecule has 0 aromatic heterocycles. The van der Waals surface area contributed by atoms with Crippen molar-refractivity contribution in [2.75, 3.05) is 13.2 Å². The maximum absolute atomic E-state index is 17.1. The van der Waals surface area contributed by atoms with Crippen LogP contribution in [-0.2, 0) is 19.1 Å². The van der Waals surface area contributed by atoms with E-state index in [4.69, 9.17) is 4.74 Å². The van der Waals surface area contributed by atoms with Gasteiger partial charge in [-0.25, -0.2) is 8.78 Å². The van der Waals surface area contributed by atoms with Crippen molar-refractivity contribution in [1.82, 2.24) is 5.32 Å². The second-order valence-corrected chi connectivity index (χ2v) is 19.7. The molecule has 57 heavy (non-hydrogen) atoms. The lowest BCUT2D eigenvalue weighted by molar-refractivity contribution is -0.202. The number of hydrogen-bond acceptors (Lipinski definition) is 8. The first-order valence-electron chi connectivity index (χ1n) is 21.8. The minimum Gasteiger partial charge on any atom is -0.458 e. The molecule has 1 aromatic carbocycles. The van der Waals surface area contributed by atoms with E-state index in [1.54, 1.807) is 6.92 Å². The standard InChI is InChI=1S/C27H36F2O5.C20H35NOS/c1-5-6-7-23(33)34-14-21(31)24-15(2)10-17-18-12-20(28)19-11-16(30)8-9-26(19,4)27(18,29)22(32)13-25(17,24)3;1-5-6-7-8-9-10-15-21-17(4)20(22)18-11-13-19(14-12-18)23-16(2)3/h8-9,11,15,17-18,20,22,24,32H,5-7,10,12-14H2,1-4H3;11-14,16-17,20-22H,5-10,15H2,1-4H3/t15-,17+,18+,20+,22+,24-,25+,26+,27+;/m1./s1. The molecule has 0 saturated heterocycles. The van der Waals surface area contributed by atoms with Crippen LogP contribution in [0.1, 0.15) is 144 Å². The summed E-state index contributed by atoms with van der Waals surface area (Å²) < 4.78 is 37.7. The molecule has 5 rings (SSSR count). The van der Waals surface area contributed by atoms with E-state index in [9.17, 15) is 24.6 Å². The van der Waals surface area contributed by atoms with E-state index in [0.29, 0.717) is 18.1 Å². The van der Waals surface area contributed by atoms with Gasteiger partial charge in [0.2, 0.25) is 0 Å². The lowest BCUT2D eigenvalue weighted by Crippen LogP contribution is -2.68. The number of rotatable bonds is 18. The predicted molar refractivity (Wildman–Crippen MR) is 225 cm³/mol. The molecular formula is C47H71F2NO6S. The van der Waals surface area contributed by atoms with Crippen molar-refractivity contribution in [2.45, 2.75) is 173 Å². The van der Waals surface area contributed by atoms with Crippen LogP contribution in [-0.4, -0.2) is 70.1 Å². The number of thioether (sulfide) groups is 1. The number of hydrogen-bond donors (Lipinski definition) is 3. The van der Waals surface area contributed by atoms with Gasteiger partial charge in [-0.2, -0.15) is 0 Å². The summed E-state index contributed by atoms with van der Waals surface area (Å²) >= 11 is 1.85. The summed E-state index contributed by atoms with van der Waals surface area (Å²) in [5.41, 5.74) is -3.21. The van der Waals surface area contributed by atoms with E-state index in [2.05, 4.69) is 57.3 Å². The number of fused-ring (bicyclic) bond motifs is 5. The third-order valence-corrected chi connectivity index (χ3v) is 14.5. The molecule has 11 atom stereocenters. The largest absolute Gasteiger partial charge is 0.458 e. The number of esters is 1. The van der Waals surface area contributed by atoms with Gasteiger partial charge in [-0.1, -0.05) is 98.3 Å². The number of carbonyl (C=O) groups excluding carboxylic acids is 3. The summed E-state index contributed by atoms with van der Waals surface area (Å²) in [6.07, 6.45) is 10.6. The smallest absolute Gasteiger partial charge is 0.306 e. The number of carbonyl (C=O) groups is 3. The number of ketones is 2. The summed E-state index contributed by atoms with van der Waals surface area (Å²) in [7, 11) is 0. The van der Waals surface area contributed by atoms with Crippen LogP contribution < -0.4 is 5.32 Å². The number of benzene rings is 1. The molecule has 0 spiro atoms. The second-order valence-electron chi connectivity index (χ2n) is 18.1. The van der Waals surface area contributed by atoms with E-state index in [0.717, 1.165) is 18.5 Å². The molecule has 320 valence electrons. The summed E-state index contributed by atoms with van der Waals surface area (Å²) in [4.78, 5) is 38.4. The number of halogens is 2. The topological polar surface area (TPSA) is 113 Å². The van der Waals surface area contributed by atoms with Gasteiger partial charge in [0.1, 0.15) is 12.8 Å². The highest BCUT2D eigenvalue weighted by atomic mass is 32.2. The fourth-order valence-corrected chi connectivity index (χ4v) is 11.4. The van der Waals surface area contributed by atoms with Gasteiger partial charge >= 0.3 is 5.97 Å². The molecule has 0 bridgehead atoms. The van der Waals surface area contributed by atoms with Crippen LogP contribution in [0.3, 0.4) is 0 Å². The normalized spacial score (nSPS) is 32.6. The van der Waals surface area contributed by atoms with Crippen molar-refractivity contribution in [3.63, 3.8) is 0 Å². The first kappa shape index (κ1) is 47.3. The number of aliphatic hydroxyl groups is 2. The van der Waals surface area contributed by atoms with Crippen molar-refractivity contribution in [3.8, 4) is 0 Å². The molecular weight excluding hydrogens is 745 g/mol. The number of aliphatic hydroxyl groups excluding tert-OH is 2. The van der Waals surface area contributed by atoms with Crippen LogP contribution in [0.5, 0.6) is 0 Å². The Hall–Kier alpha value is -2.40. The summed E-state index contributed by atoms with van der Waals surface area (Å²) in [6.45, 7) is 16.7. The van der Waals surface area contributed by atoms with Crippen molar-refractivity contribution in [2.24, 2.45) is 34.5 Å². The lowest BCUT2D eigenvalue weighted by Gasteiger charge is -2.62. The molecule has 2 unspecified atom stereocenters. The fourth-order valence-electron chi connectivity index (χ4n) is 10.5. The Morgan fingerprint density at radius 3 is 2.28 bits per heavy atom. The average molecular weight is 816 g/mol. The lowest BCUT2D eigenvalue weighted by atomic mass is 9.45. The van der Waals surface area contributed by atoms with Gasteiger partial charge in [0, 0.05) is 39.9 Å². The maximum atomic E-state index is 17.1. The highest BCUT2D eigenvalue weighted by Gasteiger charge is 2.73. The highest BCUT2D eigenvalue weighted by Crippen LogP contribution is 2.70. The van der Waals surface area contributed by atoms with Crippen molar-refractivity contribution in [3.05, 3.63) is 53.6 Å². The van der Waals surface area contributed by atoms with Crippen LogP contribution >= 0.6 is 11.8 Å². The predicted octanol–water partition coefficient (Wildman–Crippen LogP) is 10.0. The Kier molecular flexibility index (Phi) is 17.2. The van der Waals surface area contributed by atoms with Crippen molar-refractivity contribution < 1.29 is 38.1 Å². The average Bonchev–Trinajstić information content (AvgIpc) is 3.43. The molecule has 7 nitrogen and oxygen atoms in total. The van der Waals surface area contributed by atoms with E-state index in [-0.39, 0.29) is 60.9 Å². The van der Waals surface area contributed by atoms with Gasteiger partial charge < -0.3 is 20.3 Å². The van der Waals surface area contributed by atoms with E-state index in [1.807, 2.05) is 32.5 Å². The second kappa shape index (κ2) is 20.7. The highest BCUT2D eigenvalue weighted by molar-refractivity contribution is 7.99. The molecule has 0 amide bonds. The van der Waals surface area contributed by atoms with Gasteiger partial charge in [0.05, 0.1) is 12.2 Å².